The fourth-order valence-corrected chi connectivity index (χ4v) is 4.47. The van der Waals surface area contributed by atoms with E-state index in [9.17, 15) is 0 Å². The SMILES string of the molecule is COc1cccc(C2NC(=S)N(CC(C)C)C(C)=C2c2nc(-c3ccc(OC)c(OC)c3)no2)c1. The maximum atomic E-state index is 5.82. The molecule has 9 heteroatoms. The van der Waals surface area contributed by atoms with Gasteiger partial charge in [0.2, 0.25) is 5.82 Å². The molecule has 0 fully saturated rings. The summed E-state index contributed by atoms with van der Waals surface area (Å²) in [6, 6.07) is 13.1. The standard InChI is InChI=1S/C26H30N4O4S/c1-15(2)14-30-16(3)22(23(27-26(30)35)17-8-7-9-19(12-17)31-4)25-28-24(29-34-25)18-10-11-20(32-5)21(13-18)33-6/h7-13,15,23H,14H2,1-6H3,(H,27,35). The van der Waals surface area contributed by atoms with Crippen molar-refractivity contribution in [3.8, 4) is 28.6 Å². The Morgan fingerprint density at radius 3 is 2.51 bits per heavy atom. The number of thiocarbonyl (C=S) groups is 1. The van der Waals surface area contributed by atoms with Crippen LogP contribution < -0.4 is 19.5 Å². The molecule has 0 saturated heterocycles. The summed E-state index contributed by atoms with van der Waals surface area (Å²) in [5, 5.41) is 8.41. The average Bonchev–Trinajstić information content (AvgIpc) is 3.35. The van der Waals surface area contributed by atoms with Gasteiger partial charge in [-0.1, -0.05) is 31.1 Å². The molecular weight excluding hydrogens is 464 g/mol. The van der Waals surface area contributed by atoms with Crippen molar-refractivity contribution in [3.63, 3.8) is 0 Å². The Morgan fingerprint density at radius 2 is 1.83 bits per heavy atom. The van der Waals surface area contributed by atoms with Crippen LogP contribution in [0.3, 0.4) is 0 Å². The highest BCUT2D eigenvalue weighted by Gasteiger charge is 2.34. The predicted octanol–water partition coefficient (Wildman–Crippen LogP) is 5.08. The number of methoxy groups -OCH3 is 3. The first-order valence-corrected chi connectivity index (χ1v) is 11.8. The van der Waals surface area contributed by atoms with Gasteiger partial charge < -0.3 is 29.0 Å². The Morgan fingerprint density at radius 1 is 1.06 bits per heavy atom. The number of rotatable bonds is 8. The van der Waals surface area contributed by atoms with E-state index < -0.39 is 0 Å². The molecule has 1 N–H and O–H groups in total. The highest BCUT2D eigenvalue weighted by Crippen LogP contribution is 2.39. The Kier molecular flexibility index (Phi) is 7.25. The van der Waals surface area contributed by atoms with E-state index in [4.69, 9.17) is 35.9 Å². The lowest BCUT2D eigenvalue weighted by atomic mass is 9.94. The molecule has 3 aromatic rings. The number of allylic oxidation sites excluding steroid dienone is 1. The molecular formula is C26H30N4O4S. The summed E-state index contributed by atoms with van der Waals surface area (Å²) < 4.78 is 22.1. The molecule has 0 spiro atoms. The van der Waals surface area contributed by atoms with Crippen LogP contribution in [0, 0.1) is 5.92 Å². The number of benzene rings is 2. The second-order valence-corrected chi connectivity index (χ2v) is 9.04. The van der Waals surface area contributed by atoms with Crippen molar-refractivity contribution in [1.29, 1.82) is 0 Å². The molecule has 0 radical (unpaired) electrons. The number of hydrogen-bond donors (Lipinski definition) is 1. The summed E-state index contributed by atoms with van der Waals surface area (Å²) in [5.41, 5.74) is 3.58. The van der Waals surface area contributed by atoms with E-state index in [0.29, 0.717) is 34.2 Å². The van der Waals surface area contributed by atoms with Gasteiger partial charge in [-0.3, -0.25) is 0 Å². The zero-order valence-electron chi connectivity index (χ0n) is 20.8. The monoisotopic (exact) mass is 494 g/mol. The highest BCUT2D eigenvalue weighted by atomic mass is 32.1. The third-order valence-electron chi connectivity index (χ3n) is 5.87. The lowest BCUT2D eigenvalue weighted by Crippen LogP contribution is -2.47. The molecule has 184 valence electrons. The molecule has 1 aromatic heterocycles. The second kappa shape index (κ2) is 10.4. The van der Waals surface area contributed by atoms with Crippen LogP contribution in [0.5, 0.6) is 17.2 Å². The van der Waals surface area contributed by atoms with Crippen LogP contribution in [0.2, 0.25) is 0 Å². The van der Waals surface area contributed by atoms with Crippen LogP contribution in [0.25, 0.3) is 17.0 Å². The quantitative estimate of drug-likeness (QED) is 0.431. The molecule has 1 atom stereocenters. The first-order chi connectivity index (χ1) is 16.9. The summed E-state index contributed by atoms with van der Waals surface area (Å²) in [4.78, 5) is 6.86. The van der Waals surface area contributed by atoms with Crippen molar-refractivity contribution in [3.05, 3.63) is 59.6 Å². The van der Waals surface area contributed by atoms with E-state index in [1.54, 1.807) is 21.3 Å². The van der Waals surface area contributed by atoms with E-state index in [0.717, 1.165) is 34.7 Å². The van der Waals surface area contributed by atoms with Crippen molar-refractivity contribution in [2.45, 2.75) is 26.8 Å². The number of ether oxygens (including phenoxy) is 3. The highest BCUT2D eigenvalue weighted by molar-refractivity contribution is 7.80. The molecule has 4 rings (SSSR count). The summed E-state index contributed by atoms with van der Waals surface area (Å²) in [7, 11) is 4.84. The third kappa shape index (κ3) is 4.95. The molecule has 2 aromatic carbocycles. The Labute approximate surface area is 210 Å². The zero-order chi connectivity index (χ0) is 25.1. The van der Waals surface area contributed by atoms with Crippen LogP contribution in [-0.2, 0) is 0 Å². The molecule has 0 aliphatic carbocycles. The number of hydrogen-bond acceptors (Lipinski definition) is 7. The fraction of sp³-hybridized carbons (Fsp3) is 0.346. The lowest BCUT2D eigenvalue weighted by Gasteiger charge is -2.38. The summed E-state index contributed by atoms with van der Waals surface area (Å²) in [6.45, 7) is 7.12. The van der Waals surface area contributed by atoms with Gasteiger partial charge in [-0.15, -0.1) is 0 Å². The van der Waals surface area contributed by atoms with Gasteiger partial charge in [0.1, 0.15) is 5.75 Å². The largest absolute Gasteiger partial charge is 0.497 e. The van der Waals surface area contributed by atoms with Crippen molar-refractivity contribution in [2.24, 2.45) is 5.92 Å². The van der Waals surface area contributed by atoms with Gasteiger partial charge in [-0.05, 0) is 61.0 Å². The fourth-order valence-electron chi connectivity index (χ4n) is 4.14. The molecule has 35 heavy (non-hydrogen) atoms. The van der Waals surface area contributed by atoms with E-state index in [1.165, 1.54) is 0 Å². The minimum Gasteiger partial charge on any atom is -0.497 e. The van der Waals surface area contributed by atoms with Crippen LogP contribution in [0.1, 0.15) is 38.3 Å². The van der Waals surface area contributed by atoms with E-state index in [2.05, 4.69) is 29.2 Å². The van der Waals surface area contributed by atoms with Crippen LogP contribution in [0.15, 0.2) is 52.7 Å². The molecule has 0 amide bonds. The maximum absolute atomic E-state index is 5.82. The Balaban J connectivity index is 1.81. The molecule has 1 unspecified atom stereocenters. The number of nitrogens with zero attached hydrogens (tertiary/aromatic N) is 3. The maximum Gasteiger partial charge on any atom is 0.258 e. The van der Waals surface area contributed by atoms with Crippen molar-refractivity contribution < 1.29 is 18.7 Å². The molecule has 1 aliphatic heterocycles. The molecule has 8 nitrogen and oxygen atoms in total. The van der Waals surface area contributed by atoms with Crippen molar-refractivity contribution in [2.75, 3.05) is 27.9 Å². The number of aromatic nitrogens is 2. The van der Waals surface area contributed by atoms with E-state index >= 15 is 0 Å². The van der Waals surface area contributed by atoms with Gasteiger partial charge in [0.15, 0.2) is 16.6 Å². The summed E-state index contributed by atoms with van der Waals surface area (Å²) in [6.07, 6.45) is 0. The Bertz CT molecular complexity index is 1250. The van der Waals surface area contributed by atoms with E-state index in [1.807, 2.05) is 49.4 Å². The third-order valence-corrected chi connectivity index (χ3v) is 6.21. The normalized spacial score (nSPS) is 15.9. The van der Waals surface area contributed by atoms with Gasteiger partial charge in [-0.25, -0.2) is 0 Å². The second-order valence-electron chi connectivity index (χ2n) is 8.66. The van der Waals surface area contributed by atoms with Crippen LogP contribution >= 0.6 is 12.2 Å². The van der Waals surface area contributed by atoms with Gasteiger partial charge in [-0.2, -0.15) is 4.98 Å². The topological polar surface area (TPSA) is 81.9 Å². The average molecular weight is 495 g/mol. The molecule has 0 saturated carbocycles. The first kappa shape index (κ1) is 24.5. The minimum atomic E-state index is -0.278. The van der Waals surface area contributed by atoms with Crippen molar-refractivity contribution >= 4 is 22.9 Å². The molecule has 1 aliphatic rings. The lowest BCUT2D eigenvalue weighted by molar-refractivity contribution is 0.355. The molecule has 2 heterocycles. The minimum absolute atomic E-state index is 0.278. The van der Waals surface area contributed by atoms with Crippen LogP contribution in [0.4, 0.5) is 0 Å². The van der Waals surface area contributed by atoms with Gasteiger partial charge in [0.05, 0.1) is 32.9 Å². The first-order valence-electron chi connectivity index (χ1n) is 11.4. The van der Waals surface area contributed by atoms with Crippen LogP contribution in [-0.4, -0.2) is 48.0 Å². The van der Waals surface area contributed by atoms with E-state index in [-0.39, 0.29) is 6.04 Å². The zero-order valence-corrected chi connectivity index (χ0v) is 21.6. The summed E-state index contributed by atoms with van der Waals surface area (Å²) >= 11 is 5.75. The predicted molar refractivity (Wildman–Crippen MR) is 138 cm³/mol. The van der Waals surface area contributed by atoms with Gasteiger partial charge >= 0.3 is 0 Å². The summed E-state index contributed by atoms with van der Waals surface area (Å²) in [5.74, 6) is 3.26. The Hall–Kier alpha value is -3.59. The van der Waals surface area contributed by atoms with Gasteiger partial charge in [0, 0.05) is 17.8 Å². The van der Waals surface area contributed by atoms with Gasteiger partial charge in [0.25, 0.3) is 5.89 Å². The number of nitrogens with one attached hydrogen (secondary N) is 1. The molecule has 0 bridgehead atoms. The van der Waals surface area contributed by atoms with Crippen molar-refractivity contribution in [1.82, 2.24) is 20.4 Å². The smallest absolute Gasteiger partial charge is 0.258 e.